The van der Waals surface area contributed by atoms with Crippen LogP contribution in [0.25, 0.3) is 16.6 Å². The minimum atomic E-state index is -4.90. The summed E-state index contributed by atoms with van der Waals surface area (Å²) in [5.41, 5.74) is -3.67. The van der Waals surface area contributed by atoms with Crippen LogP contribution in [-0.4, -0.2) is 19.7 Å². The molecule has 3 aromatic rings. The van der Waals surface area contributed by atoms with Crippen LogP contribution in [0.4, 0.5) is 26.3 Å². The van der Waals surface area contributed by atoms with Crippen molar-refractivity contribution in [2.45, 2.75) is 12.4 Å². The highest BCUT2D eigenvalue weighted by molar-refractivity contribution is 5.90. The van der Waals surface area contributed by atoms with E-state index in [2.05, 4.69) is 15.1 Å². The molecular formula is C13H6F6N4. The van der Waals surface area contributed by atoms with Crippen LogP contribution in [0, 0.1) is 0 Å². The molecule has 0 spiro atoms. The van der Waals surface area contributed by atoms with Crippen molar-refractivity contribution >= 4 is 10.9 Å². The predicted octanol–water partition coefficient (Wildman–Crippen LogP) is 3.85. The molecule has 0 fully saturated rings. The standard InChI is InChI=1S/C13H6F6N4/c14-12(15,16)8-3-1-2-7-9(23-6-20-5-21-23)4-10(13(17,18)19)22-11(7)8/h1-6H. The van der Waals surface area contributed by atoms with Crippen molar-refractivity contribution in [2.24, 2.45) is 0 Å². The zero-order chi connectivity index (χ0) is 16.8. The fraction of sp³-hybridized carbons (Fsp3) is 0.154. The van der Waals surface area contributed by atoms with Crippen LogP contribution >= 0.6 is 0 Å². The van der Waals surface area contributed by atoms with E-state index in [1.54, 1.807) is 0 Å². The fourth-order valence-electron chi connectivity index (χ4n) is 2.13. The van der Waals surface area contributed by atoms with Crippen LogP contribution in [-0.2, 0) is 12.4 Å². The van der Waals surface area contributed by atoms with Gasteiger partial charge < -0.3 is 0 Å². The molecule has 10 heteroatoms. The molecular weight excluding hydrogens is 326 g/mol. The summed E-state index contributed by atoms with van der Waals surface area (Å²) in [4.78, 5) is 6.77. The molecule has 4 nitrogen and oxygen atoms in total. The van der Waals surface area contributed by atoms with Gasteiger partial charge in [-0.05, 0) is 12.1 Å². The number of alkyl halides is 6. The number of nitrogens with zero attached hydrogens (tertiary/aromatic N) is 4. The maximum absolute atomic E-state index is 13.1. The van der Waals surface area contributed by atoms with Gasteiger partial charge in [-0.1, -0.05) is 12.1 Å². The van der Waals surface area contributed by atoms with E-state index in [0.29, 0.717) is 12.1 Å². The lowest BCUT2D eigenvalue weighted by Gasteiger charge is -2.15. The average molecular weight is 332 g/mol. The van der Waals surface area contributed by atoms with Crippen molar-refractivity contribution in [1.29, 1.82) is 0 Å². The summed E-state index contributed by atoms with van der Waals surface area (Å²) in [6, 6.07) is 3.66. The summed E-state index contributed by atoms with van der Waals surface area (Å²) in [6.45, 7) is 0. The van der Waals surface area contributed by atoms with Crippen LogP contribution in [0.1, 0.15) is 11.3 Å². The first-order valence-corrected chi connectivity index (χ1v) is 6.11. The van der Waals surface area contributed by atoms with E-state index < -0.39 is 29.1 Å². The molecule has 3 rings (SSSR count). The van der Waals surface area contributed by atoms with Crippen molar-refractivity contribution in [3.8, 4) is 5.69 Å². The molecule has 2 heterocycles. The number of benzene rings is 1. The monoisotopic (exact) mass is 332 g/mol. The first-order chi connectivity index (χ1) is 10.7. The van der Waals surface area contributed by atoms with E-state index in [1.165, 1.54) is 6.07 Å². The molecule has 0 N–H and O–H groups in total. The third-order valence-corrected chi connectivity index (χ3v) is 3.08. The van der Waals surface area contributed by atoms with Crippen LogP contribution in [0.5, 0.6) is 0 Å². The van der Waals surface area contributed by atoms with Gasteiger partial charge in [0.2, 0.25) is 0 Å². The molecule has 120 valence electrons. The summed E-state index contributed by atoms with van der Waals surface area (Å²) in [7, 11) is 0. The summed E-state index contributed by atoms with van der Waals surface area (Å²) < 4.78 is 79.1. The van der Waals surface area contributed by atoms with Crippen molar-refractivity contribution in [3.63, 3.8) is 0 Å². The molecule has 0 atom stereocenters. The maximum atomic E-state index is 13.1. The Labute approximate surface area is 124 Å². The highest BCUT2D eigenvalue weighted by Crippen LogP contribution is 2.38. The number of halogens is 6. The number of para-hydroxylation sites is 1. The minimum Gasteiger partial charge on any atom is -0.243 e. The Bertz CT molecular complexity index is 851. The third kappa shape index (κ3) is 2.71. The van der Waals surface area contributed by atoms with Gasteiger partial charge in [0.15, 0.2) is 0 Å². The largest absolute Gasteiger partial charge is 0.433 e. The Morgan fingerprint density at radius 1 is 0.957 bits per heavy atom. The third-order valence-electron chi connectivity index (χ3n) is 3.08. The first-order valence-electron chi connectivity index (χ1n) is 6.11. The number of pyridine rings is 1. The lowest BCUT2D eigenvalue weighted by molar-refractivity contribution is -0.142. The van der Waals surface area contributed by atoms with Gasteiger partial charge in [0.1, 0.15) is 18.3 Å². The van der Waals surface area contributed by atoms with Gasteiger partial charge in [-0.25, -0.2) is 14.6 Å². The van der Waals surface area contributed by atoms with E-state index in [4.69, 9.17) is 0 Å². The quantitative estimate of drug-likeness (QED) is 0.636. The Morgan fingerprint density at radius 2 is 1.70 bits per heavy atom. The molecule has 0 aliphatic heterocycles. The van der Waals surface area contributed by atoms with Crippen molar-refractivity contribution in [2.75, 3.05) is 0 Å². The second-order valence-electron chi connectivity index (χ2n) is 4.56. The molecule has 23 heavy (non-hydrogen) atoms. The zero-order valence-corrected chi connectivity index (χ0v) is 11.0. The molecule has 1 aromatic carbocycles. The topological polar surface area (TPSA) is 43.6 Å². The number of hydrogen-bond donors (Lipinski definition) is 0. The number of hydrogen-bond acceptors (Lipinski definition) is 3. The lowest BCUT2D eigenvalue weighted by Crippen LogP contribution is -2.13. The Kier molecular flexibility index (Phi) is 3.27. The second kappa shape index (κ2) is 4.93. The SMILES string of the molecule is FC(F)(F)c1cc(-n2cncn2)c2cccc(C(F)(F)F)c2n1. The molecule has 0 aliphatic carbocycles. The number of aromatic nitrogens is 4. The molecule has 0 saturated carbocycles. The van der Waals surface area contributed by atoms with Crippen LogP contribution in [0.3, 0.4) is 0 Å². The minimum absolute atomic E-state index is 0.113. The predicted molar refractivity (Wildman–Crippen MR) is 66.7 cm³/mol. The highest BCUT2D eigenvalue weighted by Gasteiger charge is 2.37. The van der Waals surface area contributed by atoms with Crippen molar-refractivity contribution in [3.05, 3.63) is 48.2 Å². The zero-order valence-electron chi connectivity index (χ0n) is 11.0. The smallest absolute Gasteiger partial charge is 0.243 e. The summed E-state index contributed by atoms with van der Waals surface area (Å²) in [5, 5.41) is 3.57. The van der Waals surface area contributed by atoms with Crippen molar-refractivity contribution < 1.29 is 26.3 Å². The van der Waals surface area contributed by atoms with Gasteiger partial charge in [0.05, 0.1) is 16.8 Å². The van der Waals surface area contributed by atoms with Gasteiger partial charge in [0, 0.05) is 5.39 Å². The highest BCUT2D eigenvalue weighted by atomic mass is 19.4. The normalized spacial score (nSPS) is 12.8. The Balaban J connectivity index is 2.43. The molecule has 0 unspecified atom stereocenters. The molecule has 0 aliphatic rings. The molecule has 0 bridgehead atoms. The average Bonchev–Trinajstić information content (AvgIpc) is 2.97. The Morgan fingerprint density at radius 3 is 2.26 bits per heavy atom. The van der Waals surface area contributed by atoms with Crippen LogP contribution < -0.4 is 0 Å². The van der Waals surface area contributed by atoms with E-state index in [0.717, 1.165) is 23.4 Å². The second-order valence-corrected chi connectivity index (χ2v) is 4.56. The van der Waals surface area contributed by atoms with Gasteiger partial charge in [0.25, 0.3) is 0 Å². The van der Waals surface area contributed by atoms with Gasteiger partial charge in [-0.2, -0.15) is 31.4 Å². The van der Waals surface area contributed by atoms with E-state index in [9.17, 15) is 26.3 Å². The number of fused-ring (bicyclic) bond motifs is 1. The van der Waals surface area contributed by atoms with Crippen LogP contribution in [0.15, 0.2) is 36.9 Å². The first kappa shape index (κ1) is 15.3. The summed E-state index contributed by atoms with van der Waals surface area (Å²) in [6.07, 6.45) is -7.58. The fourth-order valence-corrected chi connectivity index (χ4v) is 2.13. The van der Waals surface area contributed by atoms with Crippen molar-refractivity contribution in [1.82, 2.24) is 19.7 Å². The number of rotatable bonds is 1. The molecule has 0 radical (unpaired) electrons. The van der Waals surface area contributed by atoms with E-state index in [1.807, 2.05) is 0 Å². The van der Waals surface area contributed by atoms with Gasteiger partial charge in [-0.15, -0.1) is 0 Å². The Hall–Kier alpha value is -2.65. The van der Waals surface area contributed by atoms with E-state index >= 15 is 0 Å². The van der Waals surface area contributed by atoms with E-state index in [-0.39, 0.29) is 11.1 Å². The molecule has 2 aromatic heterocycles. The summed E-state index contributed by atoms with van der Waals surface area (Å²) >= 11 is 0. The van der Waals surface area contributed by atoms with Gasteiger partial charge >= 0.3 is 12.4 Å². The maximum Gasteiger partial charge on any atom is 0.433 e. The molecule has 0 saturated heterocycles. The lowest BCUT2D eigenvalue weighted by atomic mass is 10.1. The molecule has 0 amide bonds. The van der Waals surface area contributed by atoms with Gasteiger partial charge in [-0.3, -0.25) is 0 Å². The summed E-state index contributed by atoms with van der Waals surface area (Å²) in [5.74, 6) is 0. The van der Waals surface area contributed by atoms with Crippen LogP contribution in [0.2, 0.25) is 0 Å².